The predicted octanol–water partition coefficient (Wildman–Crippen LogP) is 4.06. The third-order valence-corrected chi connectivity index (χ3v) is 7.04. The average Bonchev–Trinajstić information content (AvgIpc) is 2.71. The molecule has 1 amide bonds. The number of piperidine rings is 1. The Kier molecular flexibility index (Phi) is 6.95. The van der Waals surface area contributed by atoms with Gasteiger partial charge in [0.25, 0.3) is 0 Å². The maximum atomic E-state index is 13.7. The van der Waals surface area contributed by atoms with E-state index < -0.39 is 33.5 Å². The van der Waals surface area contributed by atoms with Crippen molar-refractivity contribution < 1.29 is 26.7 Å². The maximum Gasteiger partial charge on any atom is 0.243 e. The summed E-state index contributed by atoms with van der Waals surface area (Å²) in [6.45, 7) is 2.48. The molecular weight excluding hydrogens is 438 g/mol. The molecule has 0 saturated carbocycles. The third kappa shape index (κ3) is 4.91. The SMILES string of the molecule is CCOc1ccc(S(=O)(=O)N2CCC(C(=O)Nc3ccc(F)cc3F)CC2)cc1Cl. The highest BCUT2D eigenvalue weighted by atomic mass is 35.5. The number of rotatable bonds is 6. The molecule has 1 aliphatic rings. The Hall–Kier alpha value is -2.23. The fourth-order valence-corrected chi connectivity index (χ4v) is 5.04. The van der Waals surface area contributed by atoms with E-state index in [1.165, 1.54) is 22.5 Å². The predicted molar refractivity (Wildman–Crippen MR) is 109 cm³/mol. The van der Waals surface area contributed by atoms with E-state index in [1.807, 2.05) is 0 Å². The maximum absolute atomic E-state index is 13.7. The first-order valence-corrected chi connectivity index (χ1v) is 11.2. The summed E-state index contributed by atoms with van der Waals surface area (Å²) in [5.74, 6) is -2.11. The summed E-state index contributed by atoms with van der Waals surface area (Å²) in [4.78, 5) is 12.5. The van der Waals surface area contributed by atoms with Crippen molar-refractivity contribution in [2.24, 2.45) is 5.92 Å². The quantitative estimate of drug-likeness (QED) is 0.708. The third-order valence-electron chi connectivity index (χ3n) is 4.85. The molecule has 6 nitrogen and oxygen atoms in total. The van der Waals surface area contributed by atoms with Crippen LogP contribution in [0.3, 0.4) is 0 Å². The van der Waals surface area contributed by atoms with Crippen LogP contribution in [0.5, 0.6) is 5.75 Å². The van der Waals surface area contributed by atoms with E-state index in [1.54, 1.807) is 6.92 Å². The largest absolute Gasteiger partial charge is 0.492 e. The molecule has 1 N–H and O–H groups in total. The van der Waals surface area contributed by atoms with Gasteiger partial charge in [0.1, 0.15) is 17.4 Å². The molecule has 2 aromatic rings. The zero-order valence-corrected chi connectivity index (χ0v) is 17.8. The molecule has 0 aromatic heterocycles. The number of halogens is 3. The lowest BCUT2D eigenvalue weighted by atomic mass is 9.97. The number of hydrogen-bond donors (Lipinski definition) is 1. The Morgan fingerprint density at radius 3 is 2.50 bits per heavy atom. The Labute approximate surface area is 178 Å². The second-order valence-electron chi connectivity index (χ2n) is 6.82. The minimum Gasteiger partial charge on any atom is -0.492 e. The number of benzene rings is 2. The van der Waals surface area contributed by atoms with Crippen LogP contribution in [-0.4, -0.2) is 38.3 Å². The van der Waals surface area contributed by atoms with Gasteiger partial charge in [-0.2, -0.15) is 4.31 Å². The summed E-state index contributed by atoms with van der Waals surface area (Å²) in [6.07, 6.45) is 0.553. The van der Waals surface area contributed by atoms with E-state index in [0.29, 0.717) is 18.4 Å². The molecule has 0 aliphatic carbocycles. The van der Waals surface area contributed by atoms with Gasteiger partial charge in [0, 0.05) is 25.1 Å². The number of sulfonamides is 1. The second kappa shape index (κ2) is 9.28. The summed E-state index contributed by atoms with van der Waals surface area (Å²) in [6, 6.07) is 7.18. The highest BCUT2D eigenvalue weighted by Gasteiger charge is 2.32. The van der Waals surface area contributed by atoms with Gasteiger partial charge < -0.3 is 10.1 Å². The second-order valence-corrected chi connectivity index (χ2v) is 9.16. The molecule has 2 aromatic carbocycles. The van der Waals surface area contributed by atoms with Crippen LogP contribution in [-0.2, 0) is 14.8 Å². The van der Waals surface area contributed by atoms with Gasteiger partial charge in [-0.25, -0.2) is 17.2 Å². The van der Waals surface area contributed by atoms with E-state index in [2.05, 4.69) is 5.32 Å². The molecule has 0 atom stereocenters. The van der Waals surface area contributed by atoms with Crippen LogP contribution >= 0.6 is 11.6 Å². The van der Waals surface area contributed by atoms with Gasteiger partial charge in [-0.1, -0.05) is 11.6 Å². The van der Waals surface area contributed by atoms with Gasteiger partial charge in [0.05, 0.1) is 22.2 Å². The lowest BCUT2D eigenvalue weighted by Crippen LogP contribution is -2.41. The lowest BCUT2D eigenvalue weighted by molar-refractivity contribution is -0.120. The number of anilines is 1. The minimum absolute atomic E-state index is 0.0484. The summed E-state index contributed by atoms with van der Waals surface area (Å²) >= 11 is 6.10. The number of carbonyl (C=O) groups is 1. The monoisotopic (exact) mass is 458 g/mol. The number of nitrogens with zero attached hydrogens (tertiary/aromatic N) is 1. The highest BCUT2D eigenvalue weighted by molar-refractivity contribution is 7.89. The fourth-order valence-electron chi connectivity index (χ4n) is 3.25. The van der Waals surface area contributed by atoms with Crippen molar-refractivity contribution in [3.63, 3.8) is 0 Å². The molecule has 1 aliphatic heterocycles. The first-order chi connectivity index (χ1) is 14.2. The van der Waals surface area contributed by atoms with Gasteiger partial charge in [-0.3, -0.25) is 4.79 Å². The van der Waals surface area contributed by atoms with Gasteiger partial charge in [0.15, 0.2) is 0 Å². The van der Waals surface area contributed by atoms with Crippen LogP contribution in [0.1, 0.15) is 19.8 Å². The molecule has 0 radical (unpaired) electrons. The molecule has 1 saturated heterocycles. The standard InChI is InChI=1S/C20H21ClF2N2O4S/c1-2-29-19-6-4-15(12-16(19)21)30(27,28)25-9-7-13(8-10-25)20(26)24-18-5-3-14(22)11-17(18)23/h3-6,11-13H,2,7-10H2,1H3,(H,24,26). The van der Waals surface area contributed by atoms with Crippen LogP contribution in [0.25, 0.3) is 0 Å². The molecule has 10 heteroatoms. The first kappa shape index (κ1) is 22.5. The normalized spacial score (nSPS) is 15.7. The van der Waals surface area contributed by atoms with E-state index in [0.717, 1.165) is 12.1 Å². The Morgan fingerprint density at radius 1 is 1.20 bits per heavy atom. The van der Waals surface area contributed by atoms with Gasteiger partial charge in [0.2, 0.25) is 15.9 Å². The number of amides is 1. The topological polar surface area (TPSA) is 75.7 Å². The molecule has 0 spiro atoms. The Balaban J connectivity index is 1.64. The zero-order chi connectivity index (χ0) is 21.9. The summed E-state index contributed by atoms with van der Waals surface area (Å²) in [5, 5.41) is 2.64. The van der Waals surface area contributed by atoms with Crippen LogP contribution in [0, 0.1) is 17.6 Å². The van der Waals surface area contributed by atoms with Gasteiger partial charge in [-0.15, -0.1) is 0 Å². The van der Waals surface area contributed by atoms with Crippen LogP contribution < -0.4 is 10.1 Å². The van der Waals surface area contributed by atoms with E-state index in [9.17, 15) is 22.0 Å². The van der Waals surface area contributed by atoms with Crippen molar-refractivity contribution in [3.05, 3.63) is 53.1 Å². The molecule has 1 heterocycles. The number of carbonyl (C=O) groups excluding carboxylic acids is 1. The number of hydrogen-bond acceptors (Lipinski definition) is 4. The minimum atomic E-state index is -3.78. The van der Waals surface area contributed by atoms with Crippen molar-refractivity contribution in [2.45, 2.75) is 24.7 Å². The van der Waals surface area contributed by atoms with Crippen LogP contribution in [0.4, 0.5) is 14.5 Å². The molecule has 3 rings (SSSR count). The van der Waals surface area contributed by atoms with Crippen LogP contribution in [0.2, 0.25) is 5.02 Å². The summed E-state index contributed by atoms with van der Waals surface area (Å²) in [7, 11) is -3.78. The van der Waals surface area contributed by atoms with E-state index in [-0.39, 0.29) is 41.5 Å². The molecule has 30 heavy (non-hydrogen) atoms. The summed E-state index contributed by atoms with van der Waals surface area (Å²) in [5.41, 5.74) is -0.111. The zero-order valence-electron chi connectivity index (χ0n) is 16.2. The summed E-state index contributed by atoms with van der Waals surface area (Å²) < 4.78 is 59.1. The van der Waals surface area contributed by atoms with Gasteiger partial charge in [-0.05, 0) is 50.1 Å². The van der Waals surface area contributed by atoms with Crippen molar-refractivity contribution in [1.82, 2.24) is 4.31 Å². The van der Waals surface area contributed by atoms with Crippen molar-refractivity contribution in [1.29, 1.82) is 0 Å². The number of nitrogens with one attached hydrogen (secondary N) is 1. The van der Waals surface area contributed by atoms with Crippen LogP contribution in [0.15, 0.2) is 41.3 Å². The molecule has 162 valence electrons. The lowest BCUT2D eigenvalue weighted by Gasteiger charge is -2.30. The molecular formula is C20H21ClF2N2O4S. The molecule has 0 bridgehead atoms. The number of ether oxygens (including phenoxy) is 1. The molecule has 0 unspecified atom stereocenters. The molecule has 1 fully saturated rings. The fraction of sp³-hybridized carbons (Fsp3) is 0.350. The first-order valence-electron chi connectivity index (χ1n) is 9.40. The van der Waals surface area contributed by atoms with E-state index >= 15 is 0 Å². The van der Waals surface area contributed by atoms with Crippen molar-refractivity contribution >= 4 is 33.2 Å². The Morgan fingerprint density at radius 2 is 1.90 bits per heavy atom. The average molecular weight is 459 g/mol. The smallest absolute Gasteiger partial charge is 0.243 e. The van der Waals surface area contributed by atoms with Crippen molar-refractivity contribution in [3.8, 4) is 5.75 Å². The highest BCUT2D eigenvalue weighted by Crippen LogP contribution is 2.30. The van der Waals surface area contributed by atoms with E-state index in [4.69, 9.17) is 16.3 Å². The van der Waals surface area contributed by atoms with Gasteiger partial charge >= 0.3 is 0 Å². The Bertz CT molecular complexity index is 1040. The van der Waals surface area contributed by atoms with Crippen molar-refractivity contribution in [2.75, 3.05) is 25.0 Å².